The van der Waals surface area contributed by atoms with E-state index >= 15 is 0 Å². The molecule has 4 heteroatoms. The first-order valence-electron chi connectivity index (χ1n) is 6.85. The van der Waals surface area contributed by atoms with Gasteiger partial charge in [0.25, 0.3) is 0 Å². The van der Waals surface area contributed by atoms with E-state index in [4.69, 9.17) is 10.00 Å². The van der Waals surface area contributed by atoms with Crippen LogP contribution in [0.3, 0.4) is 0 Å². The van der Waals surface area contributed by atoms with E-state index in [1.54, 1.807) is 0 Å². The molecule has 2 aromatic rings. The molecule has 108 valence electrons. The molecule has 0 spiro atoms. The predicted molar refractivity (Wildman–Crippen MR) is 88.5 cm³/mol. The fraction of sp³-hybridized carbons (Fsp3) is 0.235. The largest absolute Gasteiger partial charge is 0.492 e. The highest BCUT2D eigenvalue weighted by Crippen LogP contribution is 2.18. The van der Waals surface area contributed by atoms with E-state index in [9.17, 15) is 0 Å². The number of nitriles is 1. The van der Waals surface area contributed by atoms with Crippen molar-refractivity contribution < 1.29 is 4.74 Å². The van der Waals surface area contributed by atoms with Gasteiger partial charge in [-0.25, -0.2) is 0 Å². The Morgan fingerprint density at radius 2 is 1.86 bits per heavy atom. The molecule has 0 bridgehead atoms. The zero-order chi connectivity index (χ0) is 14.9. The predicted octanol–water partition coefficient (Wildman–Crippen LogP) is 4.25. The van der Waals surface area contributed by atoms with Gasteiger partial charge in [-0.1, -0.05) is 40.2 Å². The molecule has 0 aliphatic heterocycles. The summed E-state index contributed by atoms with van der Waals surface area (Å²) in [6, 6.07) is 20.1. The van der Waals surface area contributed by atoms with Gasteiger partial charge in [0.1, 0.15) is 12.4 Å². The minimum Gasteiger partial charge on any atom is -0.492 e. The van der Waals surface area contributed by atoms with Crippen LogP contribution in [0.2, 0.25) is 0 Å². The van der Waals surface area contributed by atoms with Crippen molar-refractivity contribution in [1.82, 2.24) is 0 Å². The normalized spacial score (nSPS) is 9.90. The molecule has 0 radical (unpaired) electrons. The van der Waals surface area contributed by atoms with Crippen LogP contribution in [-0.2, 0) is 0 Å². The topological polar surface area (TPSA) is 36.3 Å². The second kappa shape index (κ2) is 8.33. The Hall–Kier alpha value is -1.99. The van der Waals surface area contributed by atoms with E-state index in [1.165, 1.54) is 0 Å². The number of rotatable bonds is 7. The summed E-state index contributed by atoms with van der Waals surface area (Å²) < 4.78 is 6.77. The van der Waals surface area contributed by atoms with Crippen molar-refractivity contribution in [2.75, 3.05) is 24.6 Å². The molecule has 0 aliphatic rings. The van der Waals surface area contributed by atoms with Crippen molar-refractivity contribution in [3.8, 4) is 11.8 Å². The van der Waals surface area contributed by atoms with Crippen molar-refractivity contribution in [3.05, 3.63) is 59.1 Å². The van der Waals surface area contributed by atoms with Crippen LogP contribution in [-0.4, -0.2) is 19.7 Å². The smallest absolute Gasteiger partial charge is 0.120 e. The molecular formula is C17H17BrN2O. The van der Waals surface area contributed by atoms with E-state index < -0.39 is 0 Å². The molecule has 0 atom stereocenters. The lowest BCUT2D eigenvalue weighted by molar-refractivity contribution is 0.323. The van der Waals surface area contributed by atoms with Crippen molar-refractivity contribution in [2.24, 2.45) is 0 Å². The minimum atomic E-state index is 0.506. The van der Waals surface area contributed by atoms with Gasteiger partial charge < -0.3 is 9.64 Å². The maximum atomic E-state index is 8.78. The monoisotopic (exact) mass is 344 g/mol. The number of benzene rings is 2. The minimum absolute atomic E-state index is 0.506. The molecule has 3 nitrogen and oxygen atoms in total. The van der Waals surface area contributed by atoms with Gasteiger partial charge in [0, 0.05) is 16.7 Å². The lowest BCUT2D eigenvalue weighted by Gasteiger charge is -2.23. The third-order valence-electron chi connectivity index (χ3n) is 3.04. The molecule has 2 rings (SSSR count). The Bertz CT molecular complexity index is 595. The van der Waals surface area contributed by atoms with Crippen molar-refractivity contribution in [3.63, 3.8) is 0 Å². The molecule has 0 heterocycles. The first kappa shape index (κ1) is 15.4. The standard InChI is InChI=1S/C17H17BrN2O/c18-15-6-4-9-17(14-15)21-13-12-20(11-5-10-19)16-7-2-1-3-8-16/h1-4,6-9,14H,5,11-13H2. The molecule has 0 aliphatic carbocycles. The Kier molecular flexibility index (Phi) is 6.11. The SMILES string of the molecule is N#CCCN(CCOc1cccc(Br)c1)c1ccccc1. The van der Waals surface area contributed by atoms with E-state index in [0.29, 0.717) is 19.6 Å². The summed E-state index contributed by atoms with van der Waals surface area (Å²) in [7, 11) is 0. The van der Waals surface area contributed by atoms with Crippen molar-refractivity contribution in [1.29, 1.82) is 5.26 Å². The first-order chi connectivity index (χ1) is 10.3. The highest BCUT2D eigenvalue weighted by molar-refractivity contribution is 9.10. The van der Waals surface area contributed by atoms with Gasteiger partial charge in [-0.15, -0.1) is 0 Å². The first-order valence-corrected chi connectivity index (χ1v) is 7.64. The molecule has 0 aromatic heterocycles. The van der Waals surface area contributed by atoms with Gasteiger partial charge in [-0.3, -0.25) is 0 Å². The molecule has 0 saturated heterocycles. The Balaban J connectivity index is 1.92. The third kappa shape index (κ3) is 5.13. The van der Waals surface area contributed by atoms with Gasteiger partial charge >= 0.3 is 0 Å². The van der Waals surface area contributed by atoms with Crippen molar-refractivity contribution in [2.45, 2.75) is 6.42 Å². The summed E-state index contributed by atoms with van der Waals surface area (Å²) in [5.74, 6) is 0.845. The van der Waals surface area contributed by atoms with Crippen LogP contribution in [0.1, 0.15) is 6.42 Å². The second-order valence-corrected chi connectivity index (χ2v) is 5.45. The van der Waals surface area contributed by atoms with Crippen LogP contribution in [0.15, 0.2) is 59.1 Å². The summed E-state index contributed by atoms with van der Waals surface area (Å²) in [6.45, 7) is 2.04. The maximum Gasteiger partial charge on any atom is 0.120 e. The average molecular weight is 345 g/mol. The molecule has 0 saturated carbocycles. The summed E-state index contributed by atoms with van der Waals surface area (Å²) in [5.41, 5.74) is 1.12. The highest BCUT2D eigenvalue weighted by atomic mass is 79.9. The Morgan fingerprint density at radius 1 is 1.05 bits per heavy atom. The van der Waals surface area contributed by atoms with Gasteiger partial charge in [0.15, 0.2) is 0 Å². The van der Waals surface area contributed by atoms with Gasteiger partial charge in [0.2, 0.25) is 0 Å². The van der Waals surface area contributed by atoms with E-state index in [2.05, 4.69) is 39.0 Å². The number of halogens is 1. The molecule has 2 aromatic carbocycles. The van der Waals surface area contributed by atoms with Crippen LogP contribution in [0.25, 0.3) is 0 Å². The number of para-hydroxylation sites is 1. The third-order valence-corrected chi connectivity index (χ3v) is 3.53. The van der Waals surface area contributed by atoms with Crippen LogP contribution in [0, 0.1) is 11.3 Å². The summed E-state index contributed by atoms with van der Waals surface area (Å²) in [4.78, 5) is 2.17. The van der Waals surface area contributed by atoms with Crippen LogP contribution >= 0.6 is 15.9 Å². The maximum absolute atomic E-state index is 8.78. The van der Waals surface area contributed by atoms with E-state index in [0.717, 1.165) is 22.5 Å². The zero-order valence-corrected chi connectivity index (χ0v) is 13.3. The Labute approximate surface area is 133 Å². The van der Waals surface area contributed by atoms with Gasteiger partial charge in [-0.05, 0) is 30.3 Å². The van der Waals surface area contributed by atoms with Gasteiger partial charge in [0.05, 0.1) is 19.0 Å². The lowest BCUT2D eigenvalue weighted by atomic mass is 10.2. The number of hydrogen-bond acceptors (Lipinski definition) is 3. The number of ether oxygens (including phenoxy) is 1. The lowest BCUT2D eigenvalue weighted by Crippen LogP contribution is -2.29. The second-order valence-electron chi connectivity index (χ2n) is 4.54. The molecule has 0 unspecified atom stereocenters. The highest BCUT2D eigenvalue weighted by Gasteiger charge is 2.06. The number of anilines is 1. The molecule has 0 N–H and O–H groups in total. The molecule has 0 amide bonds. The number of hydrogen-bond donors (Lipinski definition) is 0. The molecule has 21 heavy (non-hydrogen) atoms. The van der Waals surface area contributed by atoms with Crippen LogP contribution in [0.5, 0.6) is 5.75 Å². The quantitative estimate of drug-likeness (QED) is 0.753. The Morgan fingerprint density at radius 3 is 2.57 bits per heavy atom. The fourth-order valence-electron chi connectivity index (χ4n) is 2.02. The summed E-state index contributed by atoms with van der Waals surface area (Å²) >= 11 is 3.43. The van der Waals surface area contributed by atoms with Crippen LogP contribution in [0.4, 0.5) is 5.69 Å². The van der Waals surface area contributed by atoms with E-state index in [-0.39, 0.29) is 0 Å². The summed E-state index contributed by atoms with van der Waals surface area (Å²) in [6.07, 6.45) is 0.506. The van der Waals surface area contributed by atoms with Crippen LogP contribution < -0.4 is 9.64 Å². The molecule has 0 fully saturated rings. The van der Waals surface area contributed by atoms with E-state index in [1.807, 2.05) is 42.5 Å². The summed E-state index contributed by atoms with van der Waals surface area (Å²) in [5, 5.41) is 8.78. The van der Waals surface area contributed by atoms with Crippen molar-refractivity contribution >= 4 is 21.6 Å². The zero-order valence-electron chi connectivity index (χ0n) is 11.7. The fourth-order valence-corrected chi connectivity index (χ4v) is 2.40. The number of nitrogens with zero attached hydrogens (tertiary/aromatic N) is 2. The van der Waals surface area contributed by atoms with Gasteiger partial charge in [-0.2, -0.15) is 5.26 Å². The average Bonchev–Trinajstić information content (AvgIpc) is 2.51. The molecular weight excluding hydrogens is 328 g/mol.